The Morgan fingerprint density at radius 2 is 1.90 bits per heavy atom. The van der Waals surface area contributed by atoms with Gasteiger partial charge in [-0.05, 0) is 25.0 Å². The van der Waals surface area contributed by atoms with Gasteiger partial charge in [-0.3, -0.25) is 14.5 Å². The molecule has 0 bridgehead atoms. The van der Waals surface area contributed by atoms with Crippen molar-refractivity contribution >= 4 is 23.5 Å². The van der Waals surface area contributed by atoms with Crippen molar-refractivity contribution in [1.82, 2.24) is 9.80 Å². The zero-order valence-electron chi connectivity index (χ0n) is 16.2. The topological polar surface area (TPSA) is 88.2 Å². The predicted molar refractivity (Wildman–Crippen MR) is 98.9 cm³/mol. The molecule has 0 unspecified atom stereocenters. The van der Waals surface area contributed by atoms with Gasteiger partial charge in [-0.2, -0.15) is 8.78 Å². The largest absolute Gasteiger partial charge is 0.493 e. The number of alkyl halides is 2. The maximum Gasteiger partial charge on any atom is 0.387 e. The van der Waals surface area contributed by atoms with E-state index in [0.29, 0.717) is 12.8 Å². The number of nitrogens with one attached hydrogen (secondary N) is 1. The van der Waals surface area contributed by atoms with Crippen molar-refractivity contribution in [1.29, 1.82) is 0 Å². The van der Waals surface area contributed by atoms with Crippen LogP contribution in [0, 0.1) is 0 Å². The number of hydrogen-bond acceptors (Lipinski definition) is 5. The van der Waals surface area contributed by atoms with E-state index in [2.05, 4.69) is 10.1 Å². The minimum atomic E-state index is -3.06. The summed E-state index contributed by atoms with van der Waals surface area (Å²) < 4.78 is 34.4. The van der Waals surface area contributed by atoms with E-state index >= 15 is 0 Å². The van der Waals surface area contributed by atoms with Gasteiger partial charge in [0, 0.05) is 18.8 Å². The summed E-state index contributed by atoms with van der Waals surface area (Å²) in [6.45, 7) is -3.52. The van der Waals surface area contributed by atoms with Gasteiger partial charge in [-0.25, -0.2) is 4.79 Å². The van der Waals surface area contributed by atoms with Gasteiger partial charge >= 0.3 is 12.6 Å². The van der Waals surface area contributed by atoms with Crippen LogP contribution in [0.4, 0.5) is 19.3 Å². The molecule has 2 fully saturated rings. The van der Waals surface area contributed by atoms with Crippen molar-refractivity contribution in [2.75, 3.05) is 26.0 Å². The molecule has 1 spiro atoms. The van der Waals surface area contributed by atoms with E-state index in [1.165, 1.54) is 30.2 Å². The number of imide groups is 1. The van der Waals surface area contributed by atoms with E-state index in [1.54, 1.807) is 7.05 Å². The standard InChI is InChI=1S/C19H23F2N3O5/c1-23-18(27)24(16(26)19(23)8-4-3-5-9-19)11-15(25)22-12-6-7-13(28-2)14(10-12)29-17(20)21/h6-7,10,17H,3-5,8-9,11H2,1-2H3,(H,22,25). The van der Waals surface area contributed by atoms with Crippen LogP contribution in [0.2, 0.25) is 0 Å². The van der Waals surface area contributed by atoms with Gasteiger partial charge in [0.25, 0.3) is 5.91 Å². The summed E-state index contributed by atoms with van der Waals surface area (Å²) in [5, 5.41) is 2.50. The summed E-state index contributed by atoms with van der Waals surface area (Å²) >= 11 is 0. The third kappa shape index (κ3) is 3.96. The average Bonchev–Trinajstić information content (AvgIpc) is 2.85. The summed E-state index contributed by atoms with van der Waals surface area (Å²) in [6.07, 6.45) is 3.88. The number of methoxy groups -OCH3 is 1. The van der Waals surface area contributed by atoms with Crippen LogP contribution in [0.1, 0.15) is 32.1 Å². The van der Waals surface area contributed by atoms with Crippen LogP contribution in [-0.2, 0) is 9.59 Å². The Kier molecular flexibility index (Phi) is 5.90. The number of urea groups is 1. The fourth-order valence-corrected chi connectivity index (χ4v) is 3.96. The molecular weight excluding hydrogens is 388 g/mol. The van der Waals surface area contributed by atoms with E-state index in [-0.39, 0.29) is 23.1 Å². The van der Waals surface area contributed by atoms with Crippen molar-refractivity contribution in [3.05, 3.63) is 18.2 Å². The number of benzene rings is 1. The molecule has 29 heavy (non-hydrogen) atoms. The smallest absolute Gasteiger partial charge is 0.387 e. The molecule has 10 heteroatoms. The van der Waals surface area contributed by atoms with E-state index in [0.717, 1.165) is 24.2 Å². The SMILES string of the molecule is COc1ccc(NC(=O)CN2C(=O)N(C)C3(CCCCC3)C2=O)cc1OC(F)F. The molecule has 2 aliphatic rings. The lowest BCUT2D eigenvalue weighted by molar-refractivity contribution is -0.136. The van der Waals surface area contributed by atoms with Gasteiger partial charge in [0.05, 0.1) is 7.11 Å². The molecule has 0 radical (unpaired) electrons. The van der Waals surface area contributed by atoms with Crippen LogP contribution in [0.3, 0.4) is 0 Å². The van der Waals surface area contributed by atoms with Gasteiger partial charge in [-0.15, -0.1) is 0 Å². The molecule has 8 nitrogen and oxygen atoms in total. The molecule has 1 aromatic rings. The monoisotopic (exact) mass is 411 g/mol. The van der Waals surface area contributed by atoms with E-state index in [9.17, 15) is 23.2 Å². The first-order valence-electron chi connectivity index (χ1n) is 9.31. The number of amides is 4. The molecule has 1 N–H and O–H groups in total. The Bertz CT molecular complexity index is 811. The minimum Gasteiger partial charge on any atom is -0.493 e. The number of halogens is 2. The average molecular weight is 411 g/mol. The number of likely N-dealkylation sites (N-methyl/N-ethyl adjacent to an activating group) is 1. The zero-order chi connectivity index (χ0) is 21.2. The molecular formula is C19H23F2N3O5. The second kappa shape index (κ2) is 8.22. The first kappa shape index (κ1) is 20.8. The number of nitrogens with zero attached hydrogens (tertiary/aromatic N) is 2. The molecule has 1 heterocycles. The van der Waals surface area contributed by atoms with Crippen molar-refractivity contribution in [2.45, 2.75) is 44.3 Å². The van der Waals surface area contributed by atoms with Crippen LogP contribution >= 0.6 is 0 Å². The summed E-state index contributed by atoms with van der Waals surface area (Å²) in [7, 11) is 2.88. The second-order valence-electron chi connectivity index (χ2n) is 7.12. The van der Waals surface area contributed by atoms with Crippen LogP contribution in [-0.4, -0.2) is 60.5 Å². The van der Waals surface area contributed by atoms with Crippen molar-refractivity contribution < 1.29 is 32.6 Å². The number of hydrogen-bond donors (Lipinski definition) is 1. The molecule has 0 aromatic heterocycles. The van der Waals surface area contributed by atoms with E-state index in [1.807, 2.05) is 0 Å². The van der Waals surface area contributed by atoms with Crippen LogP contribution in [0.25, 0.3) is 0 Å². The molecule has 1 saturated heterocycles. The Morgan fingerprint density at radius 1 is 1.21 bits per heavy atom. The number of ether oxygens (including phenoxy) is 2. The normalized spacial score (nSPS) is 18.5. The van der Waals surface area contributed by atoms with Crippen LogP contribution < -0.4 is 14.8 Å². The fourth-order valence-electron chi connectivity index (χ4n) is 3.96. The van der Waals surface area contributed by atoms with Gasteiger partial charge < -0.3 is 19.7 Å². The summed E-state index contributed by atoms with van der Waals surface area (Å²) in [5.41, 5.74) is -0.695. The highest BCUT2D eigenvalue weighted by molar-refractivity contribution is 6.10. The molecule has 4 amide bonds. The first-order chi connectivity index (χ1) is 13.8. The molecule has 1 aromatic carbocycles. The quantitative estimate of drug-likeness (QED) is 0.728. The highest BCUT2D eigenvalue weighted by Gasteiger charge is 2.55. The van der Waals surface area contributed by atoms with Gasteiger partial charge in [0.15, 0.2) is 11.5 Å². The molecule has 1 aliphatic heterocycles. The maximum absolute atomic E-state index is 12.9. The lowest BCUT2D eigenvalue weighted by atomic mass is 9.81. The predicted octanol–water partition coefficient (Wildman–Crippen LogP) is 2.83. The summed E-state index contributed by atoms with van der Waals surface area (Å²) in [6, 6.07) is 3.48. The number of carbonyl (C=O) groups excluding carboxylic acids is 3. The molecule has 3 rings (SSSR count). The molecule has 1 saturated carbocycles. The zero-order valence-corrected chi connectivity index (χ0v) is 16.2. The Balaban J connectivity index is 1.71. The number of carbonyl (C=O) groups is 3. The molecule has 158 valence electrons. The van der Waals surface area contributed by atoms with E-state index < -0.39 is 30.6 Å². The van der Waals surface area contributed by atoms with Gasteiger partial charge in [-0.1, -0.05) is 19.3 Å². The highest BCUT2D eigenvalue weighted by atomic mass is 19.3. The Hall–Kier alpha value is -2.91. The van der Waals surface area contributed by atoms with Crippen molar-refractivity contribution in [2.24, 2.45) is 0 Å². The van der Waals surface area contributed by atoms with Crippen molar-refractivity contribution in [3.8, 4) is 11.5 Å². The van der Waals surface area contributed by atoms with Crippen LogP contribution in [0.5, 0.6) is 11.5 Å². The molecule has 1 aliphatic carbocycles. The summed E-state index contributed by atoms with van der Waals surface area (Å²) in [4.78, 5) is 40.3. The van der Waals surface area contributed by atoms with Gasteiger partial charge in [0.1, 0.15) is 12.1 Å². The van der Waals surface area contributed by atoms with Crippen LogP contribution in [0.15, 0.2) is 18.2 Å². The van der Waals surface area contributed by atoms with E-state index in [4.69, 9.17) is 4.74 Å². The third-order valence-corrected chi connectivity index (χ3v) is 5.45. The number of anilines is 1. The highest BCUT2D eigenvalue weighted by Crippen LogP contribution is 2.39. The van der Waals surface area contributed by atoms with Gasteiger partial charge in [0.2, 0.25) is 5.91 Å². The third-order valence-electron chi connectivity index (χ3n) is 5.45. The Labute approximate surface area is 166 Å². The lowest BCUT2D eigenvalue weighted by Crippen LogP contribution is -2.49. The van der Waals surface area contributed by atoms with Crippen molar-refractivity contribution in [3.63, 3.8) is 0 Å². The Morgan fingerprint density at radius 3 is 2.52 bits per heavy atom. The lowest BCUT2D eigenvalue weighted by Gasteiger charge is -2.35. The molecule has 0 atom stereocenters. The minimum absolute atomic E-state index is 0.0778. The summed E-state index contributed by atoms with van der Waals surface area (Å²) in [5.74, 6) is -1.15. The first-order valence-corrected chi connectivity index (χ1v) is 9.31. The number of rotatable bonds is 6. The maximum atomic E-state index is 12.9. The second-order valence-corrected chi connectivity index (χ2v) is 7.12. The fraction of sp³-hybridized carbons (Fsp3) is 0.526.